The Balaban J connectivity index is 2.39. The molecular weight excluding hydrogens is 354 g/mol. The second-order valence-electron chi connectivity index (χ2n) is 4.97. The maximum Gasteiger partial charge on any atom is 0.573 e. The van der Waals surface area contributed by atoms with Crippen LogP contribution in [0.3, 0.4) is 0 Å². The molecule has 0 radical (unpaired) electrons. The Bertz CT molecular complexity index is 725. The van der Waals surface area contributed by atoms with E-state index < -0.39 is 30.6 Å². The van der Waals surface area contributed by atoms with E-state index in [0.29, 0.717) is 16.7 Å². The van der Waals surface area contributed by atoms with E-state index in [4.69, 9.17) is 5.11 Å². The largest absolute Gasteiger partial charge is 0.573 e. The number of ether oxygens (including phenoxy) is 2. The van der Waals surface area contributed by atoms with Gasteiger partial charge in [-0.3, -0.25) is 0 Å². The number of halogens is 6. The highest BCUT2D eigenvalue weighted by Gasteiger charge is 2.34. The highest BCUT2D eigenvalue weighted by molar-refractivity contribution is 5.67. The van der Waals surface area contributed by atoms with E-state index in [1.165, 1.54) is 6.07 Å². The van der Waals surface area contributed by atoms with Crippen LogP contribution in [0.15, 0.2) is 42.5 Å². The lowest BCUT2D eigenvalue weighted by Gasteiger charge is -2.16. The van der Waals surface area contributed by atoms with Crippen LogP contribution in [0.4, 0.5) is 26.3 Å². The van der Waals surface area contributed by atoms with Gasteiger partial charge in [-0.05, 0) is 34.9 Å². The Hall–Kier alpha value is -2.42. The predicted molar refractivity (Wildman–Crippen MR) is 76.0 cm³/mol. The van der Waals surface area contributed by atoms with Crippen molar-refractivity contribution in [2.24, 2.45) is 0 Å². The molecule has 0 spiro atoms. The van der Waals surface area contributed by atoms with E-state index in [2.05, 4.69) is 9.47 Å². The van der Waals surface area contributed by atoms with Gasteiger partial charge in [-0.1, -0.05) is 24.3 Å². The highest BCUT2D eigenvalue weighted by Crippen LogP contribution is 2.37. The van der Waals surface area contributed by atoms with Crippen LogP contribution in [-0.4, -0.2) is 24.3 Å². The zero-order chi connectivity index (χ0) is 18.7. The lowest BCUT2D eigenvalue weighted by Crippen LogP contribution is -2.21. The van der Waals surface area contributed by atoms with Crippen LogP contribution >= 0.6 is 0 Å². The SMILES string of the molecule is OCc1cccc(-c2ccc(OC(F)(F)F)c(OCC(F)(F)F)c2)c1. The van der Waals surface area contributed by atoms with Crippen LogP contribution in [0.5, 0.6) is 11.5 Å². The second-order valence-corrected chi connectivity index (χ2v) is 4.97. The van der Waals surface area contributed by atoms with E-state index in [1.807, 2.05) is 0 Å². The number of aliphatic hydroxyl groups excluding tert-OH is 1. The molecule has 0 aromatic heterocycles. The second kappa shape index (κ2) is 7.22. The van der Waals surface area contributed by atoms with E-state index in [1.54, 1.807) is 24.3 Å². The van der Waals surface area contributed by atoms with Crippen LogP contribution in [-0.2, 0) is 6.61 Å². The molecule has 0 heterocycles. The minimum Gasteiger partial charge on any atom is -0.480 e. The van der Waals surface area contributed by atoms with Crippen LogP contribution in [0.2, 0.25) is 0 Å². The standard InChI is InChI=1S/C16H12F6O3/c17-15(18,19)9-24-14-7-12(4-5-13(14)25-16(20,21)22)11-3-1-2-10(6-11)8-23/h1-7,23H,8-9H2. The molecule has 2 aromatic rings. The molecule has 0 atom stereocenters. The summed E-state index contributed by atoms with van der Waals surface area (Å²) in [5.41, 5.74) is 1.33. The molecule has 9 heteroatoms. The van der Waals surface area contributed by atoms with Crippen LogP contribution in [0.25, 0.3) is 11.1 Å². The summed E-state index contributed by atoms with van der Waals surface area (Å²) in [5.74, 6) is -1.57. The summed E-state index contributed by atoms with van der Waals surface area (Å²) >= 11 is 0. The molecule has 136 valence electrons. The highest BCUT2D eigenvalue weighted by atomic mass is 19.4. The maximum atomic E-state index is 12.4. The number of alkyl halides is 6. The van der Waals surface area contributed by atoms with Crippen molar-refractivity contribution in [1.29, 1.82) is 0 Å². The fraction of sp³-hybridized carbons (Fsp3) is 0.250. The van der Waals surface area contributed by atoms with Gasteiger partial charge < -0.3 is 14.6 Å². The van der Waals surface area contributed by atoms with Crippen molar-refractivity contribution in [2.75, 3.05) is 6.61 Å². The van der Waals surface area contributed by atoms with Gasteiger partial charge in [0.15, 0.2) is 18.1 Å². The molecule has 0 aliphatic carbocycles. The third-order valence-corrected chi connectivity index (χ3v) is 3.00. The Kier molecular flexibility index (Phi) is 5.46. The van der Waals surface area contributed by atoms with Gasteiger partial charge in [0, 0.05) is 0 Å². The van der Waals surface area contributed by atoms with Crippen molar-refractivity contribution in [2.45, 2.75) is 19.1 Å². The van der Waals surface area contributed by atoms with Gasteiger partial charge in [0.1, 0.15) is 0 Å². The molecule has 1 N–H and O–H groups in total. The first-order chi connectivity index (χ1) is 11.6. The smallest absolute Gasteiger partial charge is 0.480 e. The summed E-state index contributed by atoms with van der Waals surface area (Å²) in [6, 6.07) is 9.49. The molecule has 0 bridgehead atoms. The topological polar surface area (TPSA) is 38.7 Å². The van der Waals surface area contributed by atoms with Gasteiger partial charge in [-0.15, -0.1) is 13.2 Å². The lowest BCUT2D eigenvalue weighted by molar-refractivity contribution is -0.275. The van der Waals surface area contributed by atoms with Gasteiger partial charge >= 0.3 is 12.5 Å². The first-order valence-electron chi connectivity index (χ1n) is 6.87. The van der Waals surface area contributed by atoms with Gasteiger partial charge in [-0.25, -0.2) is 0 Å². The normalized spacial score (nSPS) is 12.1. The van der Waals surface area contributed by atoms with Crippen molar-refractivity contribution in [3.63, 3.8) is 0 Å². The number of benzene rings is 2. The summed E-state index contributed by atoms with van der Waals surface area (Å²) in [6.07, 6.45) is -9.79. The Morgan fingerprint density at radius 2 is 1.52 bits per heavy atom. The molecule has 25 heavy (non-hydrogen) atoms. The molecule has 0 aliphatic heterocycles. The fourth-order valence-electron chi connectivity index (χ4n) is 2.02. The molecule has 2 rings (SSSR count). The van der Waals surface area contributed by atoms with Crippen molar-refractivity contribution in [3.8, 4) is 22.6 Å². The van der Waals surface area contributed by atoms with Crippen LogP contribution < -0.4 is 9.47 Å². The van der Waals surface area contributed by atoms with Gasteiger partial charge in [0.2, 0.25) is 0 Å². The fourth-order valence-corrected chi connectivity index (χ4v) is 2.02. The van der Waals surface area contributed by atoms with Crippen molar-refractivity contribution < 1.29 is 40.9 Å². The molecule has 0 fully saturated rings. The van der Waals surface area contributed by atoms with Crippen molar-refractivity contribution in [3.05, 3.63) is 48.0 Å². The van der Waals surface area contributed by atoms with Gasteiger partial charge in [-0.2, -0.15) is 13.2 Å². The summed E-state index contributed by atoms with van der Waals surface area (Å²) in [6.45, 7) is -2.03. The molecule has 0 unspecified atom stereocenters. The minimum absolute atomic E-state index is 0.263. The molecule has 0 amide bonds. The summed E-state index contributed by atoms with van der Waals surface area (Å²) in [7, 11) is 0. The Morgan fingerprint density at radius 1 is 0.840 bits per heavy atom. The average Bonchev–Trinajstić information content (AvgIpc) is 2.52. The van der Waals surface area contributed by atoms with E-state index in [-0.39, 0.29) is 6.61 Å². The zero-order valence-electron chi connectivity index (χ0n) is 12.5. The van der Waals surface area contributed by atoms with Gasteiger partial charge in [0.25, 0.3) is 0 Å². The number of hydrogen-bond acceptors (Lipinski definition) is 3. The summed E-state index contributed by atoms with van der Waals surface area (Å²) in [5, 5.41) is 9.11. The van der Waals surface area contributed by atoms with Crippen molar-refractivity contribution >= 4 is 0 Å². The molecule has 2 aromatic carbocycles. The first kappa shape index (κ1) is 18.9. The van der Waals surface area contributed by atoms with Crippen LogP contribution in [0, 0.1) is 0 Å². The number of aliphatic hydroxyl groups is 1. The van der Waals surface area contributed by atoms with Crippen molar-refractivity contribution in [1.82, 2.24) is 0 Å². The number of hydrogen-bond donors (Lipinski definition) is 1. The Labute approximate surface area is 138 Å². The van der Waals surface area contributed by atoms with E-state index in [0.717, 1.165) is 12.1 Å². The quantitative estimate of drug-likeness (QED) is 0.781. The average molecular weight is 366 g/mol. The molecule has 3 nitrogen and oxygen atoms in total. The Morgan fingerprint density at radius 3 is 2.12 bits per heavy atom. The molecule has 0 saturated carbocycles. The first-order valence-corrected chi connectivity index (χ1v) is 6.87. The van der Waals surface area contributed by atoms with E-state index >= 15 is 0 Å². The van der Waals surface area contributed by atoms with Crippen LogP contribution in [0.1, 0.15) is 5.56 Å². The monoisotopic (exact) mass is 366 g/mol. The summed E-state index contributed by atoms with van der Waals surface area (Å²) in [4.78, 5) is 0. The van der Waals surface area contributed by atoms with E-state index in [9.17, 15) is 26.3 Å². The number of rotatable bonds is 5. The third kappa shape index (κ3) is 5.86. The zero-order valence-corrected chi connectivity index (χ0v) is 12.5. The molecule has 0 saturated heterocycles. The third-order valence-electron chi connectivity index (χ3n) is 3.00. The van der Waals surface area contributed by atoms with Gasteiger partial charge in [0.05, 0.1) is 6.61 Å². The maximum absolute atomic E-state index is 12.4. The molecule has 0 aliphatic rings. The summed E-state index contributed by atoms with van der Waals surface area (Å²) < 4.78 is 82.3. The predicted octanol–water partition coefficient (Wildman–Crippen LogP) is 4.69. The minimum atomic E-state index is -5.07. The lowest BCUT2D eigenvalue weighted by atomic mass is 10.0. The molecular formula is C16H12F6O3.